The van der Waals surface area contributed by atoms with Gasteiger partial charge in [0.15, 0.2) is 0 Å². The van der Waals surface area contributed by atoms with Crippen LogP contribution in [0.1, 0.15) is 42.4 Å². The van der Waals surface area contributed by atoms with Crippen molar-refractivity contribution in [1.29, 1.82) is 0 Å². The van der Waals surface area contributed by atoms with Crippen LogP contribution in [0.5, 0.6) is 11.8 Å². The number of nitrogens with zero attached hydrogens (tertiary/aromatic N) is 2. The second-order valence-electron chi connectivity index (χ2n) is 5.87. The summed E-state index contributed by atoms with van der Waals surface area (Å²) in [5.41, 5.74) is 1.80. The summed E-state index contributed by atoms with van der Waals surface area (Å²) in [6, 6.07) is 1.69. The third-order valence-electron chi connectivity index (χ3n) is 4.11. The van der Waals surface area contributed by atoms with Crippen molar-refractivity contribution >= 4 is 23.4 Å². The highest BCUT2D eigenvalue weighted by molar-refractivity contribution is 6.30. The van der Waals surface area contributed by atoms with Crippen LogP contribution in [-0.4, -0.2) is 30.9 Å². The molecule has 0 amide bonds. The first kappa shape index (κ1) is 20.7. The number of aliphatic carboxylic acids is 1. The van der Waals surface area contributed by atoms with E-state index in [0.29, 0.717) is 12.5 Å². The van der Waals surface area contributed by atoms with Gasteiger partial charge in [0, 0.05) is 11.1 Å². The van der Waals surface area contributed by atoms with Gasteiger partial charge >= 0.3 is 12.1 Å². The van der Waals surface area contributed by atoms with Crippen molar-refractivity contribution in [1.82, 2.24) is 9.66 Å². The van der Waals surface area contributed by atoms with Gasteiger partial charge in [0.25, 0.3) is 0 Å². The van der Waals surface area contributed by atoms with Crippen molar-refractivity contribution in [3.63, 3.8) is 0 Å². The molecule has 0 spiro atoms. The van der Waals surface area contributed by atoms with Crippen LogP contribution in [0.15, 0.2) is 12.1 Å². The first-order valence-electron chi connectivity index (χ1n) is 7.83. The molecular weight excluding hydrogens is 391 g/mol. The lowest BCUT2D eigenvalue weighted by Crippen LogP contribution is -2.12. The maximum Gasteiger partial charge on any atom is 0.419 e. The minimum atomic E-state index is -4.67. The SMILES string of the molecule is CCC(CC(=O)O)c1c(C)c(O)n(Nc2ccc(C(F)(F)F)c(Cl)n2)c1O. The molecule has 0 saturated carbocycles. The second-order valence-corrected chi connectivity index (χ2v) is 6.23. The number of halogens is 4. The molecule has 1 unspecified atom stereocenters. The van der Waals surface area contributed by atoms with Crippen LogP contribution in [0.25, 0.3) is 0 Å². The lowest BCUT2D eigenvalue weighted by atomic mass is 9.92. The molecule has 27 heavy (non-hydrogen) atoms. The molecule has 2 aromatic rings. The molecule has 0 aliphatic rings. The van der Waals surface area contributed by atoms with E-state index in [-0.39, 0.29) is 23.4 Å². The van der Waals surface area contributed by atoms with E-state index >= 15 is 0 Å². The topological polar surface area (TPSA) is 108 Å². The minimum absolute atomic E-state index is 0.161. The molecular formula is C16H17ClF3N3O4. The van der Waals surface area contributed by atoms with E-state index in [1.807, 2.05) is 0 Å². The monoisotopic (exact) mass is 407 g/mol. The molecule has 2 aromatic heterocycles. The van der Waals surface area contributed by atoms with Crippen molar-refractivity contribution in [3.8, 4) is 11.8 Å². The number of carbonyl (C=O) groups is 1. The van der Waals surface area contributed by atoms with Crippen LogP contribution in [-0.2, 0) is 11.0 Å². The van der Waals surface area contributed by atoms with E-state index in [9.17, 15) is 28.2 Å². The minimum Gasteiger partial charge on any atom is -0.493 e. The van der Waals surface area contributed by atoms with Crippen LogP contribution in [0, 0.1) is 6.92 Å². The van der Waals surface area contributed by atoms with Crippen molar-refractivity contribution in [2.75, 3.05) is 5.43 Å². The number of rotatable bonds is 6. The number of anilines is 1. The van der Waals surface area contributed by atoms with E-state index in [1.165, 1.54) is 6.92 Å². The molecule has 0 aliphatic carbocycles. The number of aromatic nitrogens is 2. The second kappa shape index (κ2) is 7.55. The highest BCUT2D eigenvalue weighted by atomic mass is 35.5. The van der Waals surface area contributed by atoms with Gasteiger partial charge in [-0.3, -0.25) is 10.2 Å². The smallest absolute Gasteiger partial charge is 0.419 e. The van der Waals surface area contributed by atoms with Gasteiger partial charge in [0.1, 0.15) is 11.0 Å². The number of pyridine rings is 1. The quantitative estimate of drug-likeness (QED) is 0.536. The first-order valence-corrected chi connectivity index (χ1v) is 8.20. The fraction of sp³-hybridized carbons (Fsp3) is 0.375. The van der Waals surface area contributed by atoms with E-state index < -0.39 is 40.5 Å². The molecule has 4 N–H and O–H groups in total. The van der Waals surface area contributed by atoms with E-state index in [2.05, 4.69) is 10.4 Å². The standard InChI is InChI=1S/C16H17ClF3N3O4/c1-3-8(6-11(24)25)12-7(2)14(26)23(15(12)27)22-10-5-4-9(13(17)21-10)16(18,19)20/h4-5,8,26-27H,3,6H2,1-2H3,(H,21,22)(H,24,25). The number of hydrogen-bond donors (Lipinski definition) is 4. The van der Waals surface area contributed by atoms with Gasteiger partial charge in [-0.2, -0.15) is 17.8 Å². The largest absolute Gasteiger partial charge is 0.493 e. The maximum absolute atomic E-state index is 12.7. The fourth-order valence-corrected chi connectivity index (χ4v) is 3.02. The number of carboxylic acid groups (broad SMARTS) is 1. The van der Waals surface area contributed by atoms with Crippen LogP contribution < -0.4 is 5.43 Å². The summed E-state index contributed by atoms with van der Waals surface area (Å²) in [6.07, 6.45) is -4.55. The lowest BCUT2D eigenvalue weighted by Gasteiger charge is -2.14. The number of alkyl halides is 3. The highest BCUT2D eigenvalue weighted by Crippen LogP contribution is 2.41. The average Bonchev–Trinajstić information content (AvgIpc) is 2.75. The summed E-state index contributed by atoms with van der Waals surface area (Å²) < 4.78 is 39.0. The van der Waals surface area contributed by atoms with Crippen molar-refractivity contribution in [2.45, 2.75) is 38.8 Å². The van der Waals surface area contributed by atoms with Crippen LogP contribution in [0.4, 0.5) is 19.0 Å². The zero-order chi connectivity index (χ0) is 20.5. The van der Waals surface area contributed by atoms with Gasteiger partial charge in [0.05, 0.1) is 12.0 Å². The molecule has 1 atom stereocenters. The molecule has 148 valence electrons. The van der Waals surface area contributed by atoms with Gasteiger partial charge < -0.3 is 15.3 Å². The Morgan fingerprint density at radius 2 is 1.96 bits per heavy atom. The molecule has 2 heterocycles. The number of aromatic hydroxyl groups is 2. The van der Waals surface area contributed by atoms with Crippen molar-refractivity contribution < 1.29 is 33.3 Å². The third kappa shape index (κ3) is 4.21. The molecule has 0 saturated heterocycles. The van der Waals surface area contributed by atoms with E-state index in [4.69, 9.17) is 16.7 Å². The Bertz CT molecular complexity index is 868. The van der Waals surface area contributed by atoms with Gasteiger partial charge in [-0.1, -0.05) is 18.5 Å². The zero-order valence-corrected chi connectivity index (χ0v) is 15.1. The predicted octanol–water partition coefficient (Wildman–Crippen LogP) is 4.12. The Kier molecular flexibility index (Phi) is 5.79. The fourth-order valence-electron chi connectivity index (χ4n) is 2.76. The third-order valence-corrected chi connectivity index (χ3v) is 4.39. The van der Waals surface area contributed by atoms with Gasteiger partial charge in [-0.15, -0.1) is 0 Å². The Balaban J connectivity index is 2.42. The number of nitrogens with one attached hydrogen (secondary N) is 1. The van der Waals surface area contributed by atoms with Crippen LogP contribution in [0.3, 0.4) is 0 Å². The molecule has 0 aromatic carbocycles. The van der Waals surface area contributed by atoms with Crippen molar-refractivity contribution in [2.24, 2.45) is 0 Å². The zero-order valence-electron chi connectivity index (χ0n) is 14.3. The molecule has 0 bridgehead atoms. The summed E-state index contributed by atoms with van der Waals surface area (Å²) in [5.74, 6) is -2.69. The van der Waals surface area contributed by atoms with Crippen LogP contribution >= 0.6 is 11.6 Å². The summed E-state index contributed by atoms with van der Waals surface area (Å²) in [6.45, 7) is 3.21. The summed E-state index contributed by atoms with van der Waals surface area (Å²) >= 11 is 5.56. The van der Waals surface area contributed by atoms with Gasteiger partial charge in [-0.25, -0.2) is 4.98 Å². The summed E-state index contributed by atoms with van der Waals surface area (Å²) in [4.78, 5) is 14.6. The number of carboxylic acids is 1. The number of hydrogen-bond acceptors (Lipinski definition) is 5. The molecule has 0 radical (unpaired) electrons. The lowest BCUT2D eigenvalue weighted by molar-refractivity contribution is -0.138. The van der Waals surface area contributed by atoms with Crippen molar-refractivity contribution in [3.05, 3.63) is 34.0 Å². The average molecular weight is 408 g/mol. The highest BCUT2D eigenvalue weighted by Gasteiger charge is 2.34. The Morgan fingerprint density at radius 1 is 1.33 bits per heavy atom. The predicted molar refractivity (Wildman–Crippen MR) is 91.1 cm³/mol. The summed E-state index contributed by atoms with van der Waals surface area (Å²) in [7, 11) is 0. The Hall–Kier alpha value is -2.62. The Labute approximate surface area is 157 Å². The molecule has 0 aliphatic heterocycles. The molecule has 7 nitrogen and oxygen atoms in total. The van der Waals surface area contributed by atoms with E-state index in [0.717, 1.165) is 10.7 Å². The van der Waals surface area contributed by atoms with Crippen LogP contribution in [0.2, 0.25) is 5.15 Å². The molecule has 2 rings (SSSR count). The molecule has 11 heteroatoms. The Morgan fingerprint density at radius 3 is 2.44 bits per heavy atom. The van der Waals surface area contributed by atoms with Gasteiger partial charge in [0.2, 0.25) is 11.8 Å². The normalized spacial score (nSPS) is 12.8. The van der Waals surface area contributed by atoms with Gasteiger partial charge in [-0.05, 0) is 31.4 Å². The first-order chi connectivity index (χ1) is 12.5. The maximum atomic E-state index is 12.7. The molecule has 0 fully saturated rings. The van der Waals surface area contributed by atoms with E-state index in [1.54, 1.807) is 6.92 Å². The summed E-state index contributed by atoms with van der Waals surface area (Å²) in [5, 5.41) is 28.9.